The second-order valence-electron chi connectivity index (χ2n) is 5.92. The molecule has 0 aromatic heterocycles. The number of carbonyl (C=O) groups excluding carboxylic acids is 1. The molecule has 1 aliphatic heterocycles. The summed E-state index contributed by atoms with van der Waals surface area (Å²) in [6.45, 7) is 1.30. The number of hydrogen-bond donors (Lipinski definition) is 2. The molecule has 114 valence electrons. The first kappa shape index (κ1) is 14.4. The lowest BCUT2D eigenvalue weighted by Crippen LogP contribution is -2.44. The van der Waals surface area contributed by atoms with Crippen molar-refractivity contribution < 1.29 is 14.6 Å². The van der Waals surface area contributed by atoms with Gasteiger partial charge in [-0.15, -0.1) is 0 Å². The minimum atomic E-state index is -0.146. The number of methoxy groups -OCH3 is 1. The van der Waals surface area contributed by atoms with Gasteiger partial charge in [0.25, 0.3) is 0 Å². The van der Waals surface area contributed by atoms with Crippen molar-refractivity contribution in [1.29, 1.82) is 0 Å². The monoisotopic (exact) mass is 290 g/mol. The highest BCUT2D eigenvalue weighted by Crippen LogP contribution is 2.30. The van der Waals surface area contributed by atoms with Gasteiger partial charge in [-0.3, -0.25) is 4.79 Å². The molecule has 5 heteroatoms. The Bertz CT molecular complexity index is 516. The number of hydrogen-bond acceptors (Lipinski definition) is 4. The van der Waals surface area contributed by atoms with Crippen LogP contribution in [0, 0.1) is 0 Å². The molecule has 0 spiro atoms. The van der Waals surface area contributed by atoms with Crippen LogP contribution in [0.1, 0.15) is 24.8 Å². The molecule has 2 atom stereocenters. The van der Waals surface area contributed by atoms with Crippen molar-refractivity contribution in [2.45, 2.75) is 44.0 Å². The summed E-state index contributed by atoms with van der Waals surface area (Å²) in [6.07, 6.45) is 3.01. The molecule has 1 aromatic carbocycles. The number of nitrogens with zero attached hydrogens (tertiary/aromatic N) is 1. The Morgan fingerprint density at radius 3 is 2.90 bits per heavy atom. The fourth-order valence-corrected chi connectivity index (χ4v) is 2.90. The van der Waals surface area contributed by atoms with Crippen molar-refractivity contribution in [2.24, 2.45) is 0 Å². The number of rotatable bonds is 5. The van der Waals surface area contributed by atoms with Crippen LogP contribution >= 0.6 is 0 Å². The maximum Gasteiger partial charge on any atom is 0.240 e. The van der Waals surface area contributed by atoms with Crippen LogP contribution in [-0.2, 0) is 16.1 Å². The lowest BCUT2D eigenvalue weighted by Gasteiger charge is -2.26. The lowest BCUT2D eigenvalue weighted by molar-refractivity contribution is -0.134. The van der Waals surface area contributed by atoms with Gasteiger partial charge in [0.15, 0.2) is 0 Å². The summed E-state index contributed by atoms with van der Waals surface area (Å²) in [7, 11) is 1.69. The number of benzene rings is 1. The zero-order chi connectivity index (χ0) is 14.8. The summed E-state index contributed by atoms with van der Waals surface area (Å²) in [5, 5.41) is 12.8. The Kier molecular flexibility index (Phi) is 4.12. The van der Waals surface area contributed by atoms with Crippen molar-refractivity contribution in [1.82, 2.24) is 10.2 Å². The average Bonchev–Trinajstić information content (AvgIpc) is 3.20. The lowest BCUT2D eigenvalue weighted by atomic mass is 10.1. The van der Waals surface area contributed by atoms with E-state index in [9.17, 15) is 9.90 Å². The molecule has 2 unspecified atom stereocenters. The van der Waals surface area contributed by atoms with E-state index in [4.69, 9.17) is 4.74 Å². The SMILES string of the molecule is COC1CNC(C(=O)N(Cc2cccc(O)c2)C2CC2)C1. The summed E-state index contributed by atoms with van der Waals surface area (Å²) in [5.41, 5.74) is 0.969. The normalized spacial score (nSPS) is 25.0. The van der Waals surface area contributed by atoms with E-state index >= 15 is 0 Å². The molecule has 21 heavy (non-hydrogen) atoms. The minimum absolute atomic E-state index is 0.126. The van der Waals surface area contributed by atoms with Crippen LogP contribution in [0.3, 0.4) is 0 Å². The number of aromatic hydroxyl groups is 1. The topological polar surface area (TPSA) is 61.8 Å². The highest BCUT2D eigenvalue weighted by molar-refractivity contribution is 5.83. The Hall–Kier alpha value is -1.59. The van der Waals surface area contributed by atoms with Crippen LogP contribution in [-0.4, -0.2) is 47.8 Å². The van der Waals surface area contributed by atoms with E-state index in [-0.39, 0.29) is 23.8 Å². The quantitative estimate of drug-likeness (QED) is 0.857. The molecule has 1 heterocycles. The number of ether oxygens (including phenoxy) is 1. The molecule has 2 aliphatic rings. The Labute approximate surface area is 124 Å². The second-order valence-corrected chi connectivity index (χ2v) is 5.92. The van der Waals surface area contributed by atoms with Crippen molar-refractivity contribution in [2.75, 3.05) is 13.7 Å². The molecule has 1 aliphatic carbocycles. The second kappa shape index (κ2) is 6.03. The van der Waals surface area contributed by atoms with Crippen LogP contribution < -0.4 is 5.32 Å². The third-order valence-corrected chi connectivity index (χ3v) is 4.26. The fraction of sp³-hybridized carbons (Fsp3) is 0.562. The number of carbonyl (C=O) groups is 1. The summed E-state index contributed by atoms with van der Waals surface area (Å²) in [6, 6.07) is 7.34. The van der Waals surface area contributed by atoms with E-state index in [0.717, 1.165) is 31.4 Å². The molecular formula is C16H22N2O3. The maximum absolute atomic E-state index is 12.7. The van der Waals surface area contributed by atoms with Gasteiger partial charge in [-0.1, -0.05) is 12.1 Å². The largest absolute Gasteiger partial charge is 0.508 e. The van der Waals surface area contributed by atoms with E-state index in [1.54, 1.807) is 19.2 Å². The minimum Gasteiger partial charge on any atom is -0.508 e. The first-order valence-corrected chi connectivity index (χ1v) is 7.52. The van der Waals surface area contributed by atoms with Gasteiger partial charge in [-0.05, 0) is 37.0 Å². The van der Waals surface area contributed by atoms with E-state index in [1.165, 1.54) is 0 Å². The molecule has 1 aromatic rings. The molecule has 0 bridgehead atoms. The molecule has 2 fully saturated rings. The predicted octanol–water partition coefficient (Wildman–Crippen LogP) is 1.26. The Morgan fingerprint density at radius 1 is 1.48 bits per heavy atom. The van der Waals surface area contributed by atoms with Crippen LogP contribution in [0.2, 0.25) is 0 Å². The van der Waals surface area contributed by atoms with Crippen molar-refractivity contribution in [3.8, 4) is 5.75 Å². The highest BCUT2D eigenvalue weighted by atomic mass is 16.5. The molecule has 0 radical (unpaired) electrons. The highest BCUT2D eigenvalue weighted by Gasteiger charge is 2.38. The van der Waals surface area contributed by atoms with Gasteiger partial charge in [-0.2, -0.15) is 0 Å². The van der Waals surface area contributed by atoms with Crippen molar-refractivity contribution >= 4 is 5.91 Å². The first-order chi connectivity index (χ1) is 10.2. The molecule has 1 saturated carbocycles. The Balaban J connectivity index is 1.68. The number of amides is 1. The van der Waals surface area contributed by atoms with Gasteiger partial charge >= 0.3 is 0 Å². The predicted molar refractivity (Wildman–Crippen MR) is 78.9 cm³/mol. The summed E-state index contributed by atoms with van der Waals surface area (Å²) >= 11 is 0. The van der Waals surface area contributed by atoms with Gasteiger partial charge in [0, 0.05) is 26.2 Å². The van der Waals surface area contributed by atoms with Crippen LogP contribution in [0.5, 0.6) is 5.75 Å². The number of phenolic OH excluding ortho intramolecular Hbond substituents is 1. The molecule has 1 amide bonds. The molecule has 2 N–H and O–H groups in total. The van der Waals surface area contributed by atoms with Crippen molar-refractivity contribution in [3.63, 3.8) is 0 Å². The van der Waals surface area contributed by atoms with Crippen LogP contribution in [0.4, 0.5) is 0 Å². The maximum atomic E-state index is 12.7. The third kappa shape index (κ3) is 3.36. The first-order valence-electron chi connectivity index (χ1n) is 7.52. The van der Waals surface area contributed by atoms with E-state index in [2.05, 4.69) is 5.32 Å². The van der Waals surface area contributed by atoms with Crippen LogP contribution in [0.15, 0.2) is 24.3 Å². The summed E-state index contributed by atoms with van der Waals surface area (Å²) in [4.78, 5) is 14.7. The van der Waals surface area contributed by atoms with Gasteiger partial charge in [-0.25, -0.2) is 0 Å². The van der Waals surface area contributed by atoms with Gasteiger partial charge < -0.3 is 20.1 Å². The number of phenols is 1. The summed E-state index contributed by atoms with van der Waals surface area (Å²) in [5.74, 6) is 0.398. The zero-order valence-electron chi connectivity index (χ0n) is 12.3. The van der Waals surface area contributed by atoms with E-state index in [0.29, 0.717) is 12.6 Å². The zero-order valence-corrected chi connectivity index (χ0v) is 12.3. The standard InChI is InChI=1S/C16H22N2O3/c1-21-14-8-15(17-9-14)16(20)18(12-5-6-12)10-11-3-2-4-13(19)7-11/h2-4,7,12,14-15,17,19H,5-6,8-10H2,1H3. The van der Waals surface area contributed by atoms with E-state index < -0.39 is 0 Å². The molecule has 3 rings (SSSR count). The molecule has 5 nitrogen and oxygen atoms in total. The number of nitrogens with one attached hydrogen (secondary N) is 1. The van der Waals surface area contributed by atoms with Gasteiger partial charge in [0.1, 0.15) is 5.75 Å². The molecule has 1 saturated heterocycles. The van der Waals surface area contributed by atoms with Crippen LogP contribution in [0.25, 0.3) is 0 Å². The smallest absolute Gasteiger partial charge is 0.240 e. The van der Waals surface area contributed by atoms with E-state index in [1.807, 2.05) is 17.0 Å². The molecular weight excluding hydrogens is 268 g/mol. The summed E-state index contributed by atoms with van der Waals surface area (Å²) < 4.78 is 5.32. The average molecular weight is 290 g/mol. The fourth-order valence-electron chi connectivity index (χ4n) is 2.90. The van der Waals surface area contributed by atoms with Crippen molar-refractivity contribution in [3.05, 3.63) is 29.8 Å². The van der Waals surface area contributed by atoms with Gasteiger partial charge in [0.2, 0.25) is 5.91 Å². The third-order valence-electron chi connectivity index (χ3n) is 4.26. The Morgan fingerprint density at radius 2 is 2.29 bits per heavy atom. The van der Waals surface area contributed by atoms with Gasteiger partial charge in [0.05, 0.1) is 12.1 Å².